The summed E-state index contributed by atoms with van der Waals surface area (Å²) in [5, 5.41) is 6.03. The maximum absolute atomic E-state index is 12.1. The maximum Gasteiger partial charge on any atom is 0.238 e. The molecule has 0 aromatic heterocycles. The van der Waals surface area contributed by atoms with Crippen LogP contribution >= 0.6 is 0 Å². The van der Waals surface area contributed by atoms with Gasteiger partial charge in [0.1, 0.15) is 17.2 Å². The third kappa shape index (κ3) is 6.14. The van der Waals surface area contributed by atoms with Gasteiger partial charge in [0.05, 0.1) is 13.7 Å². The van der Waals surface area contributed by atoms with Crippen LogP contribution in [0.15, 0.2) is 78.9 Å². The van der Waals surface area contributed by atoms with Crippen molar-refractivity contribution in [3.63, 3.8) is 0 Å². The topological polar surface area (TPSA) is 59.6 Å². The first kappa shape index (κ1) is 19.5. The van der Waals surface area contributed by atoms with Crippen LogP contribution in [-0.2, 0) is 11.2 Å². The predicted octanol–water partition coefficient (Wildman–Crippen LogP) is 4.26. The monoisotopic (exact) mass is 376 g/mol. The van der Waals surface area contributed by atoms with Crippen molar-refractivity contribution >= 4 is 11.6 Å². The second-order valence-corrected chi connectivity index (χ2v) is 6.26. The molecule has 2 N–H and O–H groups in total. The number of carbonyl (C=O) groups excluding carboxylic acids is 1. The zero-order chi connectivity index (χ0) is 19.6. The van der Waals surface area contributed by atoms with Crippen LogP contribution in [0.4, 0.5) is 5.69 Å². The van der Waals surface area contributed by atoms with Crippen molar-refractivity contribution < 1.29 is 14.3 Å². The van der Waals surface area contributed by atoms with Crippen LogP contribution in [0.2, 0.25) is 0 Å². The molecule has 144 valence electrons. The highest BCUT2D eigenvalue weighted by molar-refractivity contribution is 5.92. The van der Waals surface area contributed by atoms with Crippen molar-refractivity contribution in [3.8, 4) is 17.2 Å². The molecular weight excluding hydrogens is 352 g/mol. The molecule has 0 saturated heterocycles. The summed E-state index contributed by atoms with van der Waals surface area (Å²) in [6.45, 7) is 0.988. The number of carbonyl (C=O) groups is 1. The summed E-state index contributed by atoms with van der Waals surface area (Å²) in [4.78, 5) is 12.1. The number of amides is 1. The Morgan fingerprint density at radius 3 is 2.14 bits per heavy atom. The lowest BCUT2D eigenvalue weighted by Gasteiger charge is -2.09. The van der Waals surface area contributed by atoms with Gasteiger partial charge < -0.3 is 20.1 Å². The molecular formula is C23H24N2O3. The molecule has 3 aromatic rings. The molecule has 0 aliphatic heterocycles. The Hall–Kier alpha value is -3.31. The Labute approximate surface area is 165 Å². The van der Waals surface area contributed by atoms with E-state index >= 15 is 0 Å². The van der Waals surface area contributed by atoms with Gasteiger partial charge >= 0.3 is 0 Å². The Morgan fingerprint density at radius 2 is 1.46 bits per heavy atom. The fourth-order valence-corrected chi connectivity index (χ4v) is 2.66. The zero-order valence-electron chi connectivity index (χ0n) is 15.9. The maximum atomic E-state index is 12.1. The minimum Gasteiger partial charge on any atom is -0.497 e. The first-order valence-electron chi connectivity index (χ1n) is 9.19. The van der Waals surface area contributed by atoms with Crippen LogP contribution in [0.3, 0.4) is 0 Å². The van der Waals surface area contributed by atoms with Gasteiger partial charge in [-0.25, -0.2) is 0 Å². The quantitative estimate of drug-likeness (QED) is 0.548. The minimum absolute atomic E-state index is 0.0774. The van der Waals surface area contributed by atoms with E-state index in [1.54, 1.807) is 7.11 Å². The van der Waals surface area contributed by atoms with Gasteiger partial charge in [-0.3, -0.25) is 4.79 Å². The normalized spacial score (nSPS) is 10.3. The van der Waals surface area contributed by atoms with Crippen molar-refractivity contribution in [1.29, 1.82) is 0 Å². The molecule has 0 aliphatic carbocycles. The van der Waals surface area contributed by atoms with E-state index in [9.17, 15) is 4.79 Å². The van der Waals surface area contributed by atoms with Crippen LogP contribution in [0.5, 0.6) is 17.2 Å². The fourth-order valence-electron chi connectivity index (χ4n) is 2.66. The lowest BCUT2D eigenvalue weighted by atomic mass is 10.1. The number of methoxy groups -OCH3 is 1. The molecule has 3 aromatic carbocycles. The van der Waals surface area contributed by atoms with Gasteiger partial charge in [-0.05, 0) is 67.1 Å². The van der Waals surface area contributed by atoms with Gasteiger partial charge in [0.15, 0.2) is 0 Å². The average Bonchev–Trinajstić information content (AvgIpc) is 2.74. The molecule has 0 fully saturated rings. The van der Waals surface area contributed by atoms with Gasteiger partial charge in [0.2, 0.25) is 5.91 Å². The predicted molar refractivity (Wildman–Crippen MR) is 111 cm³/mol. The van der Waals surface area contributed by atoms with Crippen molar-refractivity contribution in [2.45, 2.75) is 6.42 Å². The largest absolute Gasteiger partial charge is 0.497 e. The van der Waals surface area contributed by atoms with Gasteiger partial charge in [-0.2, -0.15) is 0 Å². The molecule has 0 bridgehead atoms. The standard InChI is InChI=1S/C23H24N2O3/c1-27-20-11-7-18(8-12-20)15-16-24-17-23(26)25-19-9-13-22(14-10-19)28-21-5-3-2-4-6-21/h2-14,24H,15-17H2,1H3,(H,25,26). The molecule has 0 spiro atoms. The summed E-state index contributed by atoms with van der Waals surface area (Å²) in [6, 6.07) is 24.8. The second-order valence-electron chi connectivity index (χ2n) is 6.26. The van der Waals surface area contributed by atoms with Crippen molar-refractivity contribution in [3.05, 3.63) is 84.4 Å². The first-order valence-corrected chi connectivity index (χ1v) is 9.19. The number of para-hydroxylation sites is 1. The Morgan fingerprint density at radius 1 is 0.821 bits per heavy atom. The Bertz CT molecular complexity index is 863. The van der Waals surface area contributed by atoms with Crippen molar-refractivity contribution in [2.24, 2.45) is 0 Å². The third-order valence-corrected chi connectivity index (χ3v) is 4.15. The molecule has 0 radical (unpaired) electrons. The average molecular weight is 376 g/mol. The summed E-state index contributed by atoms with van der Waals surface area (Å²) in [7, 11) is 1.65. The summed E-state index contributed by atoms with van der Waals surface area (Å²) in [6.07, 6.45) is 0.850. The van der Waals surface area contributed by atoms with E-state index in [1.165, 1.54) is 5.56 Å². The number of ether oxygens (including phenoxy) is 2. The molecule has 0 saturated carbocycles. The van der Waals surface area contributed by atoms with E-state index in [-0.39, 0.29) is 12.5 Å². The molecule has 5 heteroatoms. The van der Waals surface area contributed by atoms with E-state index in [1.807, 2.05) is 78.9 Å². The van der Waals surface area contributed by atoms with Crippen LogP contribution in [0, 0.1) is 0 Å². The molecule has 5 nitrogen and oxygen atoms in total. The van der Waals surface area contributed by atoms with E-state index < -0.39 is 0 Å². The third-order valence-electron chi connectivity index (χ3n) is 4.15. The number of nitrogens with one attached hydrogen (secondary N) is 2. The van der Waals surface area contributed by atoms with Crippen LogP contribution < -0.4 is 20.1 Å². The molecule has 0 heterocycles. The van der Waals surface area contributed by atoms with Gasteiger partial charge in [-0.15, -0.1) is 0 Å². The Balaban J connectivity index is 1.38. The molecule has 0 atom stereocenters. The SMILES string of the molecule is COc1ccc(CCNCC(=O)Nc2ccc(Oc3ccccc3)cc2)cc1. The lowest BCUT2D eigenvalue weighted by molar-refractivity contribution is -0.115. The summed E-state index contributed by atoms with van der Waals surface area (Å²) in [5.41, 5.74) is 1.94. The molecule has 0 aliphatic rings. The number of hydrogen-bond acceptors (Lipinski definition) is 4. The van der Waals surface area contributed by atoms with Gasteiger partial charge in [-0.1, -0.05) is 30.3 Å². The van der Waals surface area contributed by atoms with E-state index in [0.717, 1.165) is 35.9 Å². The highest BCUT2D eigenvalue weighted by Crippen LogP contribution is 2.22. The highest BCUT2D eigenvalue weighted by atomic mass is 16.5. The van der Waals surface area contributed by atoms with Crippen molar-refractivity contribution in [1.82, 2.24) is 5.32 Å². The number of benzene rings is 3. The number of rotatable bonds is 9. The summed E-state index contributed by atoms with van der Waals surface area (Å²) < 4.78 is 10.9. The first-order chi connectivity index (χ1) is 13.7. The number of anilines is 1. The second kappa shape index (κ2) is 10.1. The summed E-state index contributed by atoms with van der Waals surface area (Å²) in [5.74, 6) is 2.27. The van der Waals surface area contributed by atoms with Crippen molar-refractivity contribution in [2.75, 3.05) is 25.5 Å². The minimum atomic E-state index is -0.0774. The van der Waals surface area contributed by atoms with Gasteiger partial charge in [0.25, 0.3) is 0 Å². The Kier molecular flexibility index (Phi) is 7.04. The zero-order valence-corrected chi connectivity index (χ0v) is 15.9. The highest BCUT2D eigenvalue weighted by Gasteiger charge is 2.03. The fraction of sp³-hybridized carbons (Fsp3) is 0.174. The molecule has 28 heavy (non-hydrogen) atoms. The van der Waals surface area contributed by atoms with E-state index in [4.69, 9.17) is 9.47 Å². The lowest BCUT2D eigenvalue weighted by Crippen LogP contribution is -2.29. The van der Waals surface area contributed by atoms with Gasteiger partial charge in [0, 0.05) is 5.69 Å². The smallest absolute Gasteiger partial charge is 0.238 e. The summed E-state index contributed by atoms with van der Waals surface area (Å²) >= 11 is 0. The van der Waals surface area contributed by atoms with Crippen LogP contribution in [-0.4, -0.2) is 26.1 Å². The molecule has 0 unspecified atom stereocenters. The van der Waals surface area contributed by atoms with E-state index in [0.29, 0.717) is 0 Å². The van der Waals surface area contributed by atoms with Crippen LogP contribution in [0.1, 0.15) is 5.56 Å². The molecule has 3 rings (SSSR count). The number of hydrogen-bond donors (Lipinski definition) is 2. The van der Waals surface area contributed by atoms with E-state index in [2.05, 4.69) is 10.6 Å². The van der Waals surface area contributed by atoms with Crippen LogP contribution in [0.25, 0.3) is 0 Å². The molecule has 1 amide bonds.